The van der Waals surface area contributed by atoms with E-state index in [0.717, 1.165) is 17.0 Å². The minimum absolute atomic E-state index is 0.356. The summed E-state index contributed by atoms with van der Waals surface area (Å²) in [6.45, 7) is 2.82. The van der Waals surface area contributed by atoms with E-state index < -0.39 is 5.97 Å². The van der Waals surface area contributed by atoms with Crippen LogP contribution in [0.25, 0.3) is 10.4 Å². The van der Waals surface area contributed by atoms with E-state index in [-0.39, 0.29) is 0 Å². The second kappa shape index (κ2) is 3.86. The van der Waals surface area contributed by atoms with Crippen molar-refractivity contribution in [2.45, 2.75) is 13.5 Å². The highest BCUT2D eigenvalue weighted by Gasteiger charge is 2.09. The van der Waals surface area contributed by atoms with Crippen molar-refractivity contribution in [3.63, 3.8) is 0 Å². The lowest BCUT2D eigenvalue weighted by Crippen LogP contribution is -1.91. The Morgan fingerprint density at radius 3 is 2.93 bits per heavy atom. The number of carbonyl (C=O) groups is 1. The second-order valence-electron chi connectivity index (χ2n) is 3.05. The molecule has 2 rings (SSSR count). The van der Waals surface area contributed by atoms with E-state index in [1.165, 1.54) is 11.3 Å². The topological polar surface area (TPSA) is 55.1 Å². The van der Waals surface area contributed by atoms with Gasteiger partial charge in [-0.15, -0.1) is 11.3 Å². The highest BCUT2D eigenvalue weighted by atomic mass is 32.1. The largest absolute Gasteiger partial charge is 0.477 e. The lowest BCUT2D eigenvalue weighted by atomic mass is 10.3. The fourth-order valence-corrected chi connectivity index (χ4v) is 2.09. The second-order valence-corrected chi connectivity index (χ2v) is 4.14. The smallest absolute Gasteiger partial charge is 0.345 e. The number of thiophene rings is 1. The van der Waals surface area contributed by atoms with Crippen molar-refractivity contribution >= 4 is 17.3 Å². The van der Waals surface area contributed by atoms with Gasteiger partial charge in [-0.05, 0) is 19.1 Å². The number of hydrogen-bond acceptors (Lipinski definition) is 3. The molecule has 2 aromatic heterocycles. The number of aromatic carboxylic acids is 1. The van der Waals surface area contributed by atoms with E-state index in [0.29, 0.717) is 4.88 Å². The molecule has 0 saturated heterocycles. The van der Waals surface area contributed by atoms with Gasteiger partial charge in [0.2, 0.25) is 0 Å². The van der Waals surface area contributed by atoms with Crippen LogP contribution in [0.1, 0.15) is 16.6 Å². The first-order valence-corrected chi connectivity index (χ1v) is 5.38. The Hall–Kier alpha value is -1.62. The highest BCUT2D eigenvalue weighted by Crippen LogP contribution is 2.27. The van der Waals surface area contributed by atoms with E-state index in [1.54, 1.807) is 12.3 Å². The summed E-state index contributed by atoms with van der Waals surface area (Å²) in [5.74, 6) is -0.880. The number of carboxylic acids is 1. The Morgan fingerprint density at radius 2 is 2.40 bits per heavy atom. The van der Waals surface area contributed by atoms with Gasteiger partial charge < -0.3 is 5.11 Å². The first-order chi connectivity index (χ1) is 7.20. The summed E-state index contributed by atoms with van der Waals surface area (Å²) in [5.41, 5.74) is 0.967. The number of hydrogen-bond donors (Lipinski definition) is 1. The summed E-state index contributed by atoms with van der Waals surface area (Å²) in [7, 11) is 0. The van der Waals surface area contributed by atoms with Crippen molar-refractivity contribution in [2.75, 3.05) is 0 Å². The molecule has 0 spiro atoms. The molecule has 5 heteroatoms. The van der Waals surface area contributed by atoms with E-state index in [1.807, 2.05) is 23.9 Å². The normalized spacial score (nSPS) is 10.5. The van der Waals surface area contributed by atoms with Crippen molar-refractivity contribution < 1.29 is 9.90 Å². The highest BCUT2D eigenvalue weighted by molar-refractivity contribution is 7.17. The number of rotatable bonds is 3. The third-order valence-electron chi connectivity index (χ3n) is 2.06. The maximum Gasteiger partial charge on any atom is 0.345 e. The van der Waals surface area contributed by atoms with Crippen molar-refractivity contribution in [3.05, 3.63) is 29.4 Å². The fourth-order valence-electron chi connectivity index (χ4n) is 1.27. The Kier molecular flexibility index (Phi) is 2.55. The average Bonchev–Trinajstić information content (AvgIpc) is 2.86. The molecule has 0 atom stereocenters. The molecule has 4 nitrogen and oxygen atoms in total. The van der Waals surface area contributed by atoms with Gasteiger partial charge in [0.15, 0.2) is 0 Å². The third kappa shape index (κ3) is 1.92. The van der Waals surface area contributed by atoms with Gasteiger partial charge >= 0.3 is 5.97 Å². The third-order valence-corrected chi connectivity index (χ3v) is 3.18. The van der Waals surface area contributed by atoms with Crippen molar-refractivity contribution in [2.24, 2.45) is 0 Å². The van der Waals surface area contributed by atoms with E-state index in [9.17, 15) is 4.79 Å². The quantitative estimate of drug-likeness (QED) is 0.867. The lowest BCUT2D eigenvalue weighted by molar-refractivity contribution is 0.0702. The summed E-state index contributed by atoms with van der Waals surface area (Å²) >= 11 is 1.27. The SMILES string of the molecule is CCn1cc(-c2ccc(C(=O)O)s2)cn1. The Morgan fingerprint density at radius 1 is 1.60 bits per heavy atom. The fraction of sp³-hybridized carbons (Fsp3) is 0.200. The zero-order valence-corrected chi connectivity index (χ0v) is 8.99. The molecule has 0 bridgehead atoms. The van der Waals surface area contributed by atoms with Crippen molar-refractivity contribution in [1.29, 1.82) is 0 Å². The molecule has 0 aliphatic rings. The predicted molar refractivity (Wildman–Crippen MR) is 58.2 cm³/mol. The molecule has 0 aromatic carbocycles. The van der Waals surface area contributed by atoms with Crippen LogP contribution >= 0.6 is 11.3 Å². The molecule has 0 fully saturated rings. The summed E-state index contributed by atoms with van der Waals surface area (Å²) in [6, 6.07) is 3.43. The molecule has 0 aliphatic heterocycles. The Balaban J connectivity index is 2.32. The average molecular weight is 222 g/mol. The maximum atomic E-state index is 10.7. The van der Waals surface area contributed by atoms with Crippen molar-refractivity contribution in [3.8, 4) is 10.4 Å². The molecule has 15 heavy (non-hydrogen) atoms. The molecule has 0 unspecified atom stereocenters. The number of nitrogens with zero attached hydrogens (tertiary/aromatic N) is 2. The number of aryl methyl sites for hydroxylation is 1. The molecule has 78 valence electrons. The zero-order chi connectivity index (χ0) is 10.8. The van der Waals surface area contributed by atoms with Crippen LogP contribution in [0.3, 0.4) is 0 Å². The minimum Gasteiger partial charge on any atom is -0.477 e. The number of carboxylic acid groups (broad SMARTS) is 1. The maximum absolute atomic E-state index is 10.7. The van der Waals surface area contributed by atoms with Crippen molar-refractivity contribution in [1.82, 2.24) is 9.78 Å². The first-order valence-electron chi connectivity index (χ1n) is 4.56. The lowest BCUT2D eigenvalue weighted by Gasteiger charge is -1.90. The molecule has 0 radical (unpaired) electrons. The van der Waals surface area contributed by atoms with Gasteiger partial charge in [0, 0.05) is 23.2 Å². The van der Waals surface area contributed by atoms with Crippen LogP contribution in [0, 0.1) is 0 Å². The van der Waals surface area contributed by atoms with Crippen LogP contribution in [0.15, 0.2) is 24.5 Å². The Bertz CT molecular complexity index is 487. The van der Waals surface area contributed by atoms with Gasteiger partial charge in [-0.2, -0.15) is 5.10 Å². The minimum atomic E-state index is -0.880. The van der Waals surface area contributed by atoms with Crippen LogP contribution in [0.5, 0.6) is 0 Å². The van der Waals surface area contributed by atoms with Crippen LogP contribution in [-0.4, -0.2) is 20.9 Å². The first kappa shape index (κ1) is 9.92. The van der Waals surface area contributed by atoms with Crippen LogP contribution in [-0.2, 0) is 6.54 Å². The standard InChI is InChI=1S/C10H10N2O2S/c1-2-12-6-7(5-11-12)8-3-4-9(15-8)10(13)14/h3-6H,2H2,1H3,(H,13,14). The van der Waals surface area contributed by atoms with Gasteiger partial charge in [0.25, 0.3) is 0 Å². The monoisotopic (exact) mass is 222 g/mol. The molecule has 2 aromatic rings. The summed E-state index contributed by atoms with van der Waals surface area (Å²) in [6.07, 6.45) is 3.67. The van der Waals surface area contributed by atoms with Gasteiger partial charge in [0.1, 0.15) is 4.88 Å². The molecule has 1 N–H and O–H groups in total. The summed E-state index contributed by atoms with van der Waals surface area (Å²) in [5, 5.41) is 12.9. The van der Waals surface area contributed by atoms with Gasteiger partial charge in [-0.3, -0.25) is 4.68 Å². The Labute approximate surface area is 90.8 Å². The van der Waals surface area contributed by atoms with Crippen LogP contribution in [0.2, 0.25) is 0 Å². The summed E-state index contributed by atoms with van der Waals surface area (Å²) < 4.78 is 1.81. The molecule has 0 aliphatic carbocycles. The van der Waals surface area contributed by atoms with E-state index in [2.05, 4.69) is 5.10 Å². The molecular weight excluding hydrogens is 212 g/mol. The van der Waals surface area contributed by atoms with Gasteiger partial charge in [0.05, 0.1) is 6.20 Å². The number of aromatic nitrogens is 2. The van der Waals surface area contributed by atoms with Crippen LogP contribution < -0.4 is 0 Å². The van der Waals surface area contributed by atoms with E-state index >= 15 is 0 Å². The van der Waals surface area contributed by atoms with E-state index in [4.69, 9.17) is 5.11 Å². The molecular formula is C10H10N2O2S. The van der Waals surface area contributed by atoms with Crippen LogP contribution in [0.4, 0.5) is 0 Å². The van der Waals surface area contributed by atoms with Gasteiger partial charge in [-0.1, -0.05) is 0 Å². The molecule has 2 heterocycles. The predicted octanol–water partition coefficient (Wildman–Crippen LogP) is 2.33. The van der Waals surface area contributed by atoms with Gasteiger partial charge in [-0.25, -0.2) is 4.79 Å². The molecule has 0 amide bonds. The zero-order valence-electron chi connectivity index (χ0n) is 8.17. The summed E-state index contributed by atoms with van der Waals surface area (Å²) in [4.78, 5) is 12.0. The molecule has 0 saturated carbocycles.